The molecule has 0 fully saturated rings. The van der Waals surface area contributed by atoms with Crippen LogP contribution in [0.25, 0.3) is 0 Å². The maximum atomic E-state index is 12.2. The summed E-state index contributed by atoms with van der Waals surface area (Å²) in [5.41, 5.74) is 0.364. The third kappa shape index (κ3) is 4.33. The molecule has 23 heavy (non-hydrogen) atoms. The van der Waals surface area contributed by atoms with Crippen LogP contribution in [-0.2, 0) is 15.8 Å². The van der Waals surface area contributed by atoms with E-state index in [1.165, 1.54) is 19.2 Å². The van der Waals surface area contributed by atoms with Gasteiger partial charge in [-0.25, -0.2) is 8.42 Å². The fourth-order valence-corrected chi connectivity index (χ4v) is 3.42. The van der Waals surface area contributed by atoms with Gasteiger partial charge in [-0.1, -0.05) is 29.8 Å². The Labute approximate surface area is 138 Å². The zero-order chi connectivity index (χ0) is 17.0. The summed E-state index contributed by atoms with van der Waals surface area (Å²) in [7, 11) is -2.46. The van der Waals surface area contributed by atoms with E-state index in [0.717, 1.165) is 6.07 Å². The number of sulfonamides is 1. The molecule has 2 aromatic rings. The minimum absolute atomic E-state index is 0.0573. The number of nitrogens with zero attached hydrogens (tertiary/aromatic N) is 1. The van der Waals surface area contributed by atoms with Crippen LogP contribution < -0.4 is 9.46 Å². The number of benzene rings is 2. The lowest BCUT2D eigenvalue weighted by Crippen LogP contribution is -2.16. The van der Waals surface area contributed by atoms with Crippen LogP contribution in [0.3, 0.4) is 0 Å². The number of anilines is 1. The van der Waals surface area contributed by atoms with Crippen LogP contribution in [0.4, 0.5) is 11.4 Å². The van der Waals surface area contributed by atoms with Crippen molar-refractivity contribution in [3.05, 3.63) is 63.2 Å². The summed E-state index contributed by atoms with van der Waals surface area (Å²) in [5, 5.41) is 11.1. The molecule has 0 aliphatic heterocycles. The molecule has 2 rings (SSSR count). The van der Waals surface area contributed by atoms with Crippen LogP contribution in [0, 0.1) is 10.1 Å². The van der Waals surface area contributed by atoms with Gasteiger partial charge in [-0.05, 0) is 17.7 Å². The molecule has 0 unspecified atom stereocenters. The quantitative estimate of drug-likeness (QED) is 0.633. The van der Waals surface area contributed by atoms with Crippen molar-refractivity contribution < 1.29 is 18.1 Å². The molecule has 0 atom stereocenters. The SMILES string of the molecule is COc1cc([N+](=O)[O-])ccc1NS(=O)(=O)Cc1ccccc1Cl. The van der Waals surface area contributed by atoms with E-state index in [4.69, 9.17) is 16.3 Å². The fraction of sp³-hybridized carbons (Fsp3) is 0.143. The number of halogens is 1. The van der Waals surface area contributed by atoms with Crippen molar-refractivity contribution in [1.29, 1.82) is 0 Å². The molecular weight excluding hydrogens is 344 g/mol. The van der Waals surface area contributed by atoms with Crippen LogP contribution in [0.1, 0.15) is 5.56 Å². The smallest absolute Gasteiger partial charge is 0.273 e. The molecule has 0 saturated heterocycles. The molecule has 7 nitrogen and oxygen atoms in total. The van der Waals surface area contributed by atoms with E-state index in [1.807, 2.05) is 0 Å². The summed E-state index contributed by atoms with van der Waals surface area (Å²) < 4.78 is 31.8. The van der Waals surface area contributed by atoms with Crippen molar-refractivity contribution in [3.63, 3.8) is 0 Å². The van der Waals surface area contributed by atoms with Gasteiger partial charge in [0.1, 0.15) is 5.75 Å². The van der Waals surface area contributed by atoms with Crippen LogP contribution in [0.5, 0.6) is 5.75 Å². The number of ether oxygens (including phenoxy) is 1. The molecule has 122 valence electrons. The Morgan fingerprint density at radius 1 is 1.26 bits per heavy atom. The molecule has 0 spiro atoms. The predicted octanol–water partition coefficient (Wildman–Crippen LogP) is 3.20. The largest absolute Gasteiger partial charge is 0.494 e. The number of hydrogen-bond acceptors (Lipinski definition) is 5. The van der Waals surface area contributed by atoms with E-state index in [9.17, 15) is 18.5 Å². The van der Waals surface area contributed by atoms with E-state index in [0.29, 0.717) is 10.6 Å². The maximum Gasteiger partial charge on any atom is 0.273 e. The molecule has 0 amide bonds. The zero-order valence-electron chi connectivity index (χ0n) is 12.0. The standard InChI is InChI=1S/C14H13ClN2O5S/c1-22-14-8-11(17(18)19)6-7-13(14)16-23(20,21)9-10-4-2-3-5-12(10)15/h2-8,16H,9H2,1H3. The number of nitro groups is 1. The van der Waals surface area contributed by atoms with Crippen molar-refractivity contribution in [2.45, 2.75) is 5.75 Å². The molecule has 0 heterocycles. The highest BCUT2D eigenvalue weighted by atomic mass is 35.5. The zero-order valence-corrected chi connectivity index (χ0v) is 13.6. The highest BCUT2D eigenvalue weighted by Crippen LogP contribution is 2.30. The average Bonchev–Trinajstić information content (AvgIpc) is 2.49. The molecular formula is C14H13ClN2O5S. The summed E-state index contributed by atoms with van der Waals surface area (Å²) in [5.74, 6) is -0.269. The van der Waals surface area contributed by atoms with Crippen LogP contribution in [-0.4, -0.2) is 20.5 Å². The van der Waals surface area contributed by atoms with Crippen molar-refractivity contribution in [2.75, 3.05) is 11.8 Å². The van der Waals surface area contributed by atoms with E-state index < -0.39 is 14.9 Å². The van der Waals surface area contributed by atoms with Gasteiger partial charge >= 0.3 is 0 Å². The lowest BCUT2D eigenvalue weighted by atomic mass is 10.2. The van der Waals surface area contributed by atoms with E-state index in [1.54, 1.807) is 24.3 Å². The van der Waals surface area contributed by atoms with E-state index >= 15 is 0 Å². The second-order valence-electron chi connectivity index (χ2n) is 4.59. The minimum atomic E-state index is -3.76. The first-order valence-electron chi connectivity index (χ1n) is 6.39. The minimum Gasteiger partial charge on any atom is -0.494 e. The molecule has 0 aromatic heterocycles. The Morgan fingerprint density at radius 3 is 2.57 bits per heavy atom. The molecule has 0 radical (unpaired) electrons. The third-order valence-corrected chi connectivity index (χ3v) is 4.56. The normalized spacial score (nSPS) is 11.0. The van der Waals surface area contributed by atoms with E-state index in [-0.39, 0.29) is 22.9 Å². The van der Waals surface area contributed by atoms with Crippen molar-refractivity contribution in [2.24, 2.45) is 0 Å². The second-order valence-corrected chi connectivity index (χ2v) is 6.72. The van der Waals surface area contributed by atoms with Gasteiger partial charge in [0, 0.05) is 11.1 Å². The molecule has 9 heteroatoms. The maximum absolute atomic E-state index is 12.2. The number of non-ortho nitro benzene ring substituents is 1. The first-order chi connectivity index (χ1) is 10.8. The lowest BCUT2D eigenvalue weighted by Gasteiger charge is -2.12. The lowest BCUT2D eigenvalue weighted by molar-refractivity contribution is -0.384. The number of nitrogens with one attached hydrogen (secondary N) is 1. The topological polar surface area (TPSA) is 98.5 Å². The number of nitro benzene ring substituents is 1. The van der Waals surface area contributed by atoms with Gasteiger partial charge in [0.05, 0.1) is 29.5 Å². The summed E-state index contributed by atoms with van der Waals surface area (Å²) in [6.45, 7) is 0. The van der Waals surface area contributed by atoms with E-state index in [2.05, 4.69) is 4.72 Å². The highest BCUT2D eigenvalue weighted by molar-refractivity contribution is 7.91. The average molecular weight is 357 g/mol. The van der Waals surface area contributed by atoms with Gasteiger partial charge in [-0.2, -0.15) is 0 Å². The Kier molecular flexibility index (Phi) is 5.07. The van der Waals surface area contributed by atoms with Crippen molar-refractivity contribution in [1.82, 2.24) is 0 Å². The monoisotopic (exact) mass is 356 g/mol. The van der Waals surface area contributed by atoms with Gasteiger partial charge in [0.25, 0.3) is 5.69 Å². The van der Waals surface area contributed by atoms with Crippen molar-refractivity contribution >= 4 is 33.0 Å². The van der Waals surface area contributed by atoms with Crippen LogP contribution in [0.2, 0.25) is 5.02 Å². The molecule has 1 N–H and O–H groups in total. The first kappa shape index (κ1) is 17.0. The molecule has 2 aromatic carbocycles. The summed E-state index contributed by atoms with van der Waals surface area (Å²) in [6, 6.07) is 10.2. The van der Waals surface area contributed by atoms with Gasteiger partial charge in [0.15, 0.2) is 0 Å². The Morgan fingerprint density at radius 2 is 1.96 bits per heavy atom. The third-order valence-electron chi connectivity index (χ3n) is 2.96. The summed E-state index contributed by atoms with van der Waals surface area (Å²) in [6.07, 6.45) is 0. The molecule has 0 aliphatic rings. The number of rotatable bonds is 6. The first-order valence-corrected chi connectivity index (χ1v) is 8.42. The summed E-state index contributed by atoms with van der Waals surface area (Å²) >= 11 is 5.96. The highest BCUT2D eigenvalue weighted by Gasteiger charge is 2.18. The van der Waals surface area contributed by atoms with Gasteiger partial charge in [0.2, 0.25) is 10.0 Å². The number of methoxy groups -OCH3 is 1. The Hall–Kier alpha value is -2.32. The second kappa shape index (κ2) is 6.84. The molecule has 0 saturated carbocycles. The van der Waals surface area contributed by atoms with Gasteiger partial charge in [-0.15, -0.1) is 0 Å². The fourth-order valence-electron chi connectivity index (χ4n) is 1.90. The Balaban J connectivity index is 2.27. The van der Waals surface area contributed by atoms with Crippen LogP contribution >= 0.6 is 11.6 Å². The van der Waals surface area contributed by atoms with Crippen LogP contribution in [0.15, 0.2) is 42.5 Å². The van der Waals surface area contributed by atoms with Crippen molar-refractivity contribution in [3.8, 4) is 5.75 Å². The molecule has 0 aliphatic carbocycles. The molecule has 0 bridgehead atoms. The van der Waals surface area contributed by atoms with Gasteiger partial charge < -0.3 is 4.74 Å². The summed E-state index contributed by atoms with van der Waals surface area (Å²) in [4.78, 5) is 10.1. The predicted molar refractivity (Wildman–Crippen MR) is 87.3 cm³/mol. The van der Waals surface area contributed by atoms with Gasteiger partial charge in [-0.3, -0.25) is 14.8 Å². The Bertz CT molecular complexity index is 839. The number of hydrogen-bond donors (Lipinski definition) is 1.